The zero-order valence-electron chi connectivity index (χ0n) is 6.55. The molecule has 0 aliphatic heterocycles. The Hall–Kier alpha value is -0.630. The predicted molar refractivity (Wildman–Crippen MR) is 44.8 cm³/mol. The Balaban J connectivity index is 2.21. The van der Waals surface area contributed by atoms with Crippen LogP contribution >= 0.6 is 11.6 Å². The summed E-state index contributed by atoms with van der Waals surface area (Å²) in [5, 5.41) is -0.839. The first-order valence-electron chi connectivity index (χ1n) is 4.14. The zero-order valence-corrected chi connectivity index (χ0v) is 7.30. The second-order valence-corrected chi connectivity index (χ2v) is 3.84. The van der Waals surface area contributed by atoms with Crippen molar-refractivity contribution in [1.82, 2.24) is 0 Å². The number of rotatable bonds is 2. The van der Waals surface area contributed by atoms with Crippen molar-refractivity contribution in [2.24, 2.45) is 11.8 Å². The van der Waals surface area contributed by atoms with E-state index in [1.54, 1.807) is 0 Å². The third-order valence-corrected chi connectivity index (χ3v) is 2.94. The summed E-state index contributed by atoms with van der Waals surface area (Å²) in [7, 11) is 0. The summed E-state index contributed by atoms with van der Waals surface area (Å²) in [6.45, 7) is 0. The minimum Gasteiger partial charge on any atom is -0.284 e. The third-order valence-electron chi connectivity index (χ3n) is 2.77. The standard InChI is InChI=1S/C9H9ClO2/c10-9(12)8(11)7-4-5-1-2-6(7)3-5/h4-6H,1-3H2. The van der Waals surface area contributed by atoms with Crippen LogP contribution in [0.3, 0.4) is 0 Å². The van der Waals surface area contributed by atoms with Gasteiger partial charge in [0.1, 0.15) is 0 Å². The largest absolute Gasteiger partial charge is 0.292 e. The minimum atomic E-state index is -0.839. The molecule has 0 N–H and O–H groups in total. The number of allylic oxidation sites excluding steroid dienone is 2. The van der Waals surface area contributed by atoms with Crippen LogP contribution in [0.4, 0.5) is 0 Å². The summed E-state index contributed by atoms with van der Waals surface area (Å²) in [4.78, 5) is 21.8. The lowest BCUT2D eigenvalue weighted by Crippen LogP contribution is -2.15. The van der Waals surface area contributed by atoms with Crippen molar-refractivity contribution in [3.63, 3.8) is 0 Å². The summed E-state index contributed by atoms with van der Waals surface area (Å²) in [5.41, 5.74) is 0.672. The lowest BCUT2D eigenvalue weighted by Gasteiger charge is -2.08. The number of carbonyl (C=O) groups is 2. The van der Waals surface area contributed by atoms with Crippen LogP contribution in [0, 0.1) is 11.8 Å². The van der Waals surface area contributed by atoms with Crippen LogP contribution in [0.5, 0.6) is 0 Å². The molecule has 2 nitrogen and oxygen atoms in total. The molecule has 2 aliphatic rings. The monoisotopic (exact) mass is 184 g/mol. The molecule has 0 heterocycles. The lowest BCUT2D eigenvalue weighted by molar-refractivity contribution is -0.130. The van der Waals surface area contributed by atoms with Crippen molar-refractivity contribution in [2.45, 2.75) is 19.3 Å². The summed E-state index contributed by atoms with van der Waals surface area (Å²) in [5.74, 6) is 0.374. The maximum absolute atomic E-state index is 11.2. The number of Topliss-reactive ketones (excluding diaryl/α,β-unsaturated/α-hetero) is 1. The molecule has 2 rings (SSSR count). The maximum atomic E-state index is 11.2. The van der Waals surface area contributed by atoms with Gasteiger partial charge in [-0.05, 0) is 42.7 Å². The molecule has 1 saturated carbocycles. The maximum Gasteiger partial charge on any atom is 0.292 e. The Morgan fingerprint density at radius 3 is 2.58 bits per heavy atom. The summed E-state index contributed by atoms with van der Waals surface area (Å²) < 4.78 is 0. The second-order valence-electron chi connectivity index (χ2n) is 3.49. The fraction of sp³-hybridized carbons (Fsp3) is 0.556. The molecule has 2 unspecified atom stereocenters. The molecule has 0 radical (unpaired) electrons. The first-order chi connectivity index (χ1) is 5.68. The normalized spacial score (nSPS) is 31.9. The molecule has 0 aromatic heterocycles. The second kappa shape index (κ2) is 2.70. The first kappa shape index (κ1) is 7.99. The van der Waals surface area contributed by atoms with E-state index in [1.165, 1.54) is 0 Å². The van der Waals surface area contributed by atoms with Crippen molar-refractivity contribution in [1.29, 1.82) is 0 Å². The molecule has 64 valence electrons. The van der Waals surface area contributed by atoms with E-state index in [9.17, 15) is 9.59 Å². The van der Waals surface area contributed by atoms with Gasteiger partial charge < -0.3 is 0 Å². The van der Waals surface area contributed by atoms with Gasteiger partial charge in [-0.2, -0.15) is 0 Å². The Bertz CT molecular complexity index is 280. The summed E-state index contributed by atoms with van der Waals surface area (Å²) in [6, 6.07) is 0. The van der Waals surface area contributed by atoms with Crippen LogP contribution in [0.2, 0.25) is 0 Å². The van der Waals surface area contributed by atoms with E-state index >= 15 is 0 Å². The SMILES string of the molecule is O=C(Cl)C(=O)C1=CC2CCC1C2. The smallest absolute Gasteiger partial charge is 0.284 e. The van der Waals surface area contributed by atoms with E-state index in [0.717, 1.165) is 19.3 Å². The van der Waals surface area contributed by atoms with Gasteiger partial charge in [0, 0.05) is 5.57 Å². The Kier molecular flexibility index (Phi) is 1.80. The number of hydrogen-bond acceptors (Lipinski definition) is 2. The zero-order chi connectivity index (χ0) is 8.72. The minimum absolute atomic E-state index is 0.324. The first-order valence-corrected chi connectivity index (χ1v) is 4.52. The van der Waals surface area contributed by atoms with Gasteiger partial charge >= 0.3 is 0 Å². The third kappa shape index (κ3) is 1.11. The highest BCUT2D eigenvalue weighted by molar-refractivity contribution is 6.83. The van der Waals surface area contributed by atoms with Gasteiger partial charge in [0.2, 0.25) is 5.78 Å². The van der Waals surface area contributed by atoms with Crippen LogP contribution in [0.15, 0.2) is 11.6 Å². The summed E-state index contributed by atoms with van der Waals surface area (Å²) >= 11 is 5.12. The highest BCUT2D eigenvalue weighted by atomic mass is 35.5. The van der Waals surface area contributed by atoms with E-state index in [-0.39, 0.29) is 0 Å². The average Bonchev–Trinajstić information content (AvgIpc) is 2.62. The molecule has 2 atom stereocenters. The number of halogens is 1. The van der Waals surface area contributed by atoms with Gasteiger partial charge in [0.15, 0.2) is 0 Å². The Morgan fingerprint density at radius 1 is 1.42 bits per heavy atom. The van der Waals surface area contributed by atoms with Crippen molar-refractivity contribution in [3.05, 3.63) is 11.6 Å². The topological polar surface area (TPSA) is 34.1 Å². The van der Waals surface area contributed by atoms with Crippen LogP contribution in [0.25, 0.3) is 0 Å². The molecule has 0 spiro atoms. The average molecular weight is 185 g/mol. The van der Waals surface area contributed by atoms with E-state index in [0.29, 0.717) is 17.4 Å². The lowest BCUT2D eigenvalue weighted by atomic mass is 9.96. The van der Waals surface area contributed by atoms with E-state index in [4.69, 9.17) is 11.6 Å². The van der Waals surface area contributed by atoms with E-state index in [2.05, 4.69) is 0 Å². The number of carbonyl (C=O) groups excluding carboxylic acids is 2. The van der Waals surface area contributed by atoms with Crippen LogP contribution in [-0.2, 0) is 9.59 Å². The fourth-order valence-corrected chi connectivity index (χ4v) is 2.32. The van der Waals surface area contributed by atoms with Crippen LogP contribution < -0.4 is 0 Å². The van der Waals surface area contributed by atoms with Crippen LogP contribution in [0.1, 0.15) is 19.3 Å². The molecule has 0 saturated heterocycles. The van der Waals surface area contributed by atoms with Gasteiger partial charge in [-0.1, -0.05) is 6.08 Å². The van der Waals surface area contributed by atoms with Gasteiger partial charge in [-0.15, -0.1) is 0 Å². The Morgan fingerprint density at radius 2 is 2.17 bits per heavy atom. The van der Waals surface area contributed by atoms with E-state index < -0.39 is 11.0 Å². The molecule has 0 aromatic rings. The fourth-order valence-electron chi connectivity index (χ4n) is 2.21. The molecule has 0 aromatic carbocycles. The number of hydrogen-bond donors (Lipinski definition) is 0. The number of ketones is 1. The predicted octanol–water partition coefficient (Wildman–Crippen LogP) is 1.68. The van der Waals surface area contributed by atoms with Gasteiger partial charge in [0.05, 0.1) is 0 Å². The van der Waals surface area contributed by atoms with E-state index in [1.807, 2.05) is 6.08 Å². The highest BCUT2D eigenvalue weighted by Crippen LogP contribution is 2.43. The van der Waals surface area contributed by atoms with Gasteiger partial charge in [-0.25, -0.2) is 0 Å². The highest BCUT2D eigenvalue weighted by Gasteiger charge is 2.37. The quantitative estimate of drug-likeness (QED) is 0.483. The molecule has 2 bridgehead atoms. The van der Waals surface area contributed by atoms with Crippen molar-refractivity contribution < 1.29 is 9.59 Å². The molecule has 2 aliphatic carbocycles. The molecule has 3 heteroatoms. The molecule has 1 fully saturated rings. The Labute approximate surface area is 75.6 Å². The number of fused-ring (bicyclic) bond motifs is 2. The molecular formula is C9H9ClO2. The van der Waals surface area contributed by atoms with Crippen LogP contribution in [-0.4, -0.2) is 11.0 Å². The van der Waals surface area contributed by atoms with Gasteiger partial charge in [0.25, 0.3) is 5.24 Å². The summed E-state index contributed by atoms with van der Waals surface area (Å²) in [6.07, 6.45) is 5.19. The van der Waals surface area contributed by atoms with Crippen molar-refractivity contribution >= 4 is 22.6 Å². The molecule has 12 heavy (non-hydrogen) atoms. The van der Waals surface area contributed by atoms with Crippen molar-refractivity contribution in [2.75, 3.05) is 0 Å². The van der Waals surface area contributed by atoms with Crippen molar-refractivity contribution in [3.8, 4) is 0 Å². The van der Waals surface area contributed by atoms with Gasteiger partial charge in [-0.3, -0.25) is 9.59 Å². The molecular weight excluding hydrogens is 176 g/mol. The molecule has 0 amide bonds.